The average molecular weight is 332 g/mol. The van der Waals surface area contributed by atoms with Gasteiger partial charge in [0.15, 0.2) is 5.78 Å². The predicted octanol–water partition coefficient (Wildman–Crippen LogP) is 2.68. The van der Waals surface area contributed by atoms with Crippen LogP contribution in [0.4, 0.5) is 0 Å². The molecule has 4 bridgehead atoms. The van der Waals surface area contributed by atoms with Crippen molar-refractivity contribution in [1.82, 2.24) is 0 Å². The number of ether oxygens (including phenoxy) is 2. The lowest BCUT2D eigenvalue weighted by Gasteiger charge is -2.26. The van der Waals surface area contributed by atoms with Gasteiger partial charge in [0.05, 0.1) is 5.60 Å². The van der Waals surface area contributed by atoms with Crippen molar-refractivity contribution < 1.29 is 23.9 Å². The summed E-state index contributed by atoms with van der Waals surface area (Å²) < 4.78 is 11.3. The summed E-state index contributed by atoms with van der Waals surface area (Å²) >= 11 is 0. The Bertz CT molecular complexity index is 632. The number of fused-ring (bicyclic) bond motifs is 3. The number of allylic oxidation sites excluding steroid dienone is 1. The summed E-state index contributed by atoms with van der Waals surface area (Å²) in [5.41, 5.74) is 0.897. The number of carbonyl (C=O) groups is 3. The Morgan fingerprint density at radius 1 is 1.29 bits per heavy atom. The first-order valence-electron chi connectivity index (χ1n) is 8.55. The zero-order valence-corrected chi connectivity index (χ0v) is 14.3. The van der Waals surface area contributed by atoms with Crippen LogP contribution in [0, 0.1) is 5.92 Å². The SMILES string of the molecule is C=C(C)[C@H]1CCC2=C[C@@H](C[C@@]3(C)CC(=O)[C@@H](CC(=O)C1)O3)OC2=O. The van der Waals surface area contributed by atoms with Gasteiger partial charge in [-0.1, -0.05) is 12.2 Å². The predicted molar refractivity (Wildman–Crippen MR) is 87.3 cm³/mol. The quantitative estimate of drug-likeness (QED) is 0.545. The second-order valence-electron chi connectivity index (χ2n) is 7.57. The second kappa shape index (κ2) is 6.28. The van der Waals surface area contributed by atoms with Crippen molar-refractivity contribution in [2.45, 2.75) is 70.2 Å². The van der Waals surface area contributed by atoms with E-state index in [1.54, 1.807) is 0 Å². The van der Waals surface area contributed by atoms with Crippen LogP contribution in [0.1, 0.15) is 52.4 Å². The molecule has 24 heavy (non-hydrogen) atoms. The highest BCUT2D eigenvalue weighted by atomic mass is 16.6. The van der Waals surface area contributed by atoms with Gasteiger partial charge in [0.25, 0.3) is 0 Å². The molecule has 0 aromatic rings. The lowest BCUT2D eigenvalue weighted by atomic mass is 9.87. The minimum Gasteiger partial charge on any atom is -0.455 e. The first kappa shape index (κ1) is 17.1. The van der Waals surface area contributed by atoms with Crippen molar-refractivity contribution in [3.8, 4) is 0 Å². The first-order chi connectivity index (χ1) is 11.3. The summed E-state index contributed by atoms with van der Waals surface area (Å²) in [6.07, 6.45) is 3.26. The highest BCUT2D eigenvalue weighted by molar-refractivity contribution is 5.92. The van der Waals surface area contributed by atoms with E-state index >= 15 is 0 Å². The number of hydrogen-bond acceptors (Lipinski definition) is 5. The molecule has 130 valence electrons. The Kier molecular flexibility index (Phi) is 4.47. The smallest absolute Gasteiger partial charge is 0.334 e. The topological polar surface area (TPSA) is 69.7 Å². The highest BCUT2D eigenvalue weighted by Crippen LogP contribution is 2.37. The third-order valence-electron chi connectivity index (χ3n) is 5.22. The molecule has 1 saturated heterocycles. The van der Waals surface area contributed by atoms with Crippen molar-refractivity contribution in [2.24, 2.45) is 5.92 Å². The number of esters is 1. The maximum absolute atomic E-state index is 12.4. The van der Waals surface area contributed by atoms with E-state index in [9.17, 15) is 14.4 Å². The van der Waals surface area contributed by atoms with E-state index in [0.29, 0.717) is 31.3 Å². The van der Waals surface area contributed by atoms with Gasteiger partial charge in [-0.25, -0.2) is 4.79 Å². The minimum absolute atomic E-state index is 0.00823. The first-order valence-corrected chi connectivity index (χ1v) is 8.55. The van der Waals surface area contributed by atoms with Crippen molar-refractivity contribution in [3.63, 3.8) is 0 Å². The van der Waals surface area contributed by atoms with Crippen LogP contribution >= 0.6 is 0 Å². The largest absolute Gasteiger partial charge is 0.455 e. The summed E-state index contributed by atoms with van der Waals surface area (Å²) in [6, 6.07) is 0. The molecular formula is C19H24O5. The van der Waals surface area contributed by atoms with Crippen LogP contribution in [0.5, 0.6) is 0 Å². The maximum atomic E-state index is 12.4. The Hall–Kier alpha value is -1.75. The number of rotatable bonds is 1. The van der Waals surface area contributed by atoms with E-state index in [-0.39, 0.29) is 42.4 Å². The molecule has 0 unspecified atom stereocenters. The maximum Gasteiger partial charge on any atom is 0.334 e. The van der Waals surface area contributed by atoms with E-state index in [2.05, 4.69) is 6.58 Å². The van der Waals surface area contributed by atoms with Gasteiger partial charge >= 0.3 is 5.97 Å². The van der Waals surface area contributed by atoms with Crippen LogP contribution < -0.4 is 0 Å². The molecule has 0 aromatic heterocycles. The van der Waals surface area contributed by atoms with Gasteiger partial charge in [0, 0.05) is 31.3 Å². The molecule has 0 amide bonds. The Morgan fingerprint density at radius 3 is 2.75 bits per heavy atom. The highest BCUT2D eigenvalue weighted by Gasteiger charge is 2.45. The number of hydrogen-bond donors (Lipinski definition) is 0. The molecule has 4 atom stereocenters. The van der Waals surface area contributed by atoms with Gasteiger partial charge < -0.3 is 9.47 Å². The minimum atomic E-state index is -0.680. The van der Waals surface area contributed by atoms with Crippen LogP contribution in [0.25, 0.3) is 0 Å². The molecule has 0 spiro atoms. The van der Waals surface area contributed by atoms with Crippen LogP contribution in [-0.4, -0.2) is 35.3 Å². The molecule has 5 nitrogen and oxygen atoms in total. The molecule has 0 radical (unpaired) electrons. The zero-order valence-electron chi connectivity index (χ0n) is 14.3. The molecule has 0 N–H and O–H groups in total. The summed E-state index contributed by atoms with van der Waals surface area (Å²) in [5, 5.41) is 0. The van der Waals surface area contributed by atoms with Crippen molar-refractivity contribution in [3.05, 3.63) is 23.8 Å². The van der Waals surface area contributed by atoms with E-state index < -0.39 is 11.7 Å². The molecular weight excluding hydrogens is 308 g/mol. The lowest BCUT2D eigenvalue weighted by Crippen LogP contribution is -2.31. The molecule has 3 aliphatic rings. The molecule has 0 aliphatic carbocycles. The van der Waals surface area contributed by atoms with Gasteiger partial charge in [-0.15, -0.1) is 0 Å². The van der Waals surface area contributed by atoms with E-state index in [0.717, 1.165) is 5.57 Å². The van der Waals surface area contributed by atoms with Crippen molar-refractivity contribution in [2.75, 3.05) is 0 Å². The molecule has 3 aliphatic heterocycles. The normalized spacial score (nSPS) is 37.2. The van der Waals surface area contributed by atoms with Gasteiger partial charge in [-0.2, -0.15) is 0 Å². The van der Waals surface area contributed by atoms with Crippen molar-refractivity contribution >= 4 is 17.5 Å². The molecule has 5 heteroatoms. The molecule has 1 fully saturated rings. The number of Topliss-reactive ketones (excluding diaryl/α,β-unsaturated/α-hetero) is 2. The number of carbonyl (C=O) groups excluding carboxylic acids is 3. The monoisotopic (exact) mass is 332 g/mol. The van der Waals surface area contributed by atoms with Crippen LogP contribution in [0.3, 0.4) is 0 Å². The van der Waals surface area contributed by atoms with E-state index in [1.165, 1.54) is 0 Å². The van der Waals surface area contributed by atoms with Crippen LogP contribution in [0.15, 0.2) is 23.8 Å². The Balaban J connectivity index is 1.87. The fourth-order valence-electron chi connectivity index (χ4n) is 3.88. The van der Waals surface area contributed by atoms with Gasteiger partial charge in [-0.05, 0) is 38.7 Å². The summed E-state index contributed by atoms with van der Waals surface area (Å²) in [4.78, 5) is 36.7. The standard InChI is InChI=1S/C19H24O5/c1-11(2)12-4-5-13-7-15(23-18(13)22)9-19(3)10-16(21)17(24-19)8-14(20)6-12/h7,12,15,17H,1,4-6,8-10H2,2-3H3/t12-,15-,17+,19-/m0/s1. The molecule has 0 saturated carbocycles. The Morgan fingerprint density at radius 2 is 2.04 bits per heavy atom. The van der Waals surface area contributed by atoms with Gasteiger partial charge in [0.1, 0.15) is 18.0 Å². The molecule has 3 heterocycles. The lowest BCUT2D eigenvalue weighted by molar-refractivity contribution is -0.143. The summed E-state index contributed by atoms with van der Waals surface area (Å²) in [5.74, 6) is -0.308. The van der Waals surface area contributed by atoms with Gasteiger partial charge in [0.2, 0.25) is 0 Å². The summed E-state index contributed by atoms with van der Waals surface area (Å²) in [6.45, 7) is 7.72. The molecule has 3 rings (SSSR count). The van der Waals surface area contributed by atoms with Crippen LogP contribution in [-0.2, 0) is 23.9 Å². The third-order valence-corrected chi connectivity index (χ3v) is 5.22. The zero-order chi connectivity index (χ0) is 17.5. The van der Waals surface area contributed by atoms with Crippen LogP contribution in [0.2, 0.25) is 0 Å². The number of ketones is 2. The van der Waals surface area contributed by atoms with Gasteiger partial charge in [-0.3, -0.25) is 9.59 Å². The molecule has 0 aromatic carbocycles. The van der Waals surface area contributed by atoms with Crippen molar-refractivity contribution in [1.29, 1.82) is 0 Å². The summed E-state index contributed by atoms with van der Waals surface area (Å²) in [7, 11) is 0. The third kappa shape index (κ3) is 3.51. The fourth-order valence-corrected chi connectivity index (χ4v) is 3.88. The second-order valence-corrected chi connectivity index (χ2v) is 7.57. The van der Waals surface area contributed by atoms with E-state index in [4.69, 9.17) is 9.47 Å². The Labute approximate surface area is 142 Å². The van der Waals surface area contributed by atoms with E-state index in [1.807, 2.05) is 19.9 Å². The average Bonchev–Trinajstić information content (AvgIpc) is 2.93. The fraction of sp³-hybridized carbons (Fsp3) is 0.632.